The van der Waals surface area contributed by atoms with Crippen LogP contribution >= 0.6 is 0 Å². The van der Waals surface area contributed by atoms with Gasteiger partial charge in [0.1, 0.15) is 17.7 Å². The molecule has 0 aromatic carbocycles. The second-order valence-corrected chi connectivity index (χ2v) is 8.01. The van der Waals surface area contributed by atoms with Crippen LogP contribution in [0.15, 0.2) is 0 Å². The summed E-state index contributed by atoms with van der Waals surface area (Å²) >= 11 is 0. The molecule has 8 heteroatoms. The summed E-state index contributed by atoms with van der Waals surface area (Å²) in [6.07, 6.45) is 0.161. The van der Waals surface area contributed by atoms with Gasteiger partial charge in [-0.15, -0.1) is 0 Å². The van der Waals surface area contributed by atoms with Gasteiger partial charge in [-0.3, -0.25) is 9.69 Å². The van der Waals surface area contributed by atoms with E-state index in [9.17, 15) is 14.4 Å². The standard InChI is InChI=1S/C19H36N2O6/c1-13(2)12-15(21(7)18(24)27-19(3,4)5)16(22)20(6)14(10-11-25-8)17(23)26-9/h13-15H,10-12H2,1-9H3. The van der Waals surface area contributed by atoms with Crippen LogP contribution in [-0.4, -0.2) is 80.4 Å². The van der Waals surface area contributed by atoms with Gasteiger partial charge in [0.15, 0.2) is 0 Å². The predicted molar refractivity (Wildman–Crippen MR) is 102 cm³/mol. The first-order valence-electron chi connectivity index (χ1n) is 9.14. The Morgan fingerprint density at radius 2 is 1.52 bits per heavy atom. The minimum Gasteiger partial charge on any atom is -0.467 e. The number of hydrogen-bond acceptors (Lipinski definition) is 6. The largest absolute Gasteiger partial charge is 0.467 e. The summed E-state index contributed by atoms with van der Waals surface area (Å²) in [6.45, 7) is 9.53. The van der Waals surface area contributed by atoms with Crippen molar-refractivity contribution in [2.45, 2.75) is 65.1 Å². The van der Waals surface area contributed by atoms with Crippen molar-refractivity contribution in [3.05, 3.63) is 0 Å². The van der Waals surface area contributed by atoms with Gasteiger partial charge in [0.25, 0.3) is 0 Å². The van der Waals surface area contributed by atoms with Crippen LogP contribution < -0.4 is 0 Å². The van der Waals surface area contributed by atoms with E-state index in [1.807, 2.05) is 13.8 Å². The lowest BCUT2D eigenvalue weighted by Gasteiger charge is -2.35. The van der Waals surface area contributed by atoms with Crippen LogP contribution in [0.25, 0.3) is 0 Å². The number of amides is 2. The number of hydrogen-bond donors (Lipinski definition) is 0. The SMILES string of the molecule is COCCC(C(=O)OC)N(C)C(=O)C(CC(C)C)N(C)C(=O)OC(C)(C)C. The molecule has 0 heterocycles. The number of methoxy groups -OCH3 is 2. The van der Waals surface area contributed by atoms with Crippen LogP contribution in [0.5, 0.6) is 0 Å². The Morgan fingerprint density at radius 1 is 0.963 bits per heavy atom. The van der Waals surface area contributed by atoms with Crippen molar-refractivity contribution in [1.82, 2.24) is 9.80 Å². The lowest BCUT2D eigenvalue weighted by atomic mass is 10.0. The minimum absolute atomic E-state index is 0.160. The van der Waals surface area contributed by atoms with E-state index >= 15 is 0 Å². The van der Waals surface area contributed by atoms with Gasteiger partial charge < -0.3 is 19.1 Å². The molecule has 0 spiro atoms. The number of carbonyl (C=O) groups excluding carboxylic acids is 3. The molecule has 27 heavy (non-hydrogen) atoms. The van der Waals surface area contributed by atoms with Crippen molar-refractivity contribution in [2.24, 2.45) is 5.92 Å². The highest BCUT2D eigenvalue weighted by atomic mass is 16.6. The molecule has 0 bridgehead atoms. The highest BCUT2D eigenvalue weighted by molar-refractivity contribution is 5.89. The third kappa shape index (κ3) is 8.60. The Hall–Kier alpha value is -1.83. The van der Waals surface area contributed by atoms with Gasteiger partial charge in [-0.25, -0.2) is 9.59 Å². The summed E-state index contributed by atoms with van der Waals surface area (Å²) in [5.41, 5.74) is -0.671. The molecule has 8 nitrogen and oxygen atoms in total. The van der Waals surface area contributed by atoms with Gasteiger partial charge in [-0.05, 0) is 33.1 Å². The maximum absolute atomic E-state index is 13.1. The summed E-state index contributed by atoms with van der Waals surface area (Å²) in [4.78, 5) is 40.4. The van der Waals surface area contributed by atoms with Crippen LogP contribution in [0.4, 0.5) is 4.79 Å². The fourth-order valence-corrected chi connectivity index (χ4v) is 2.56. The molecule has 2 amide bonds. The van der Waals surface area contributed by atoms with Crippen molar-refractivity contribution < 1.29 is 28.6 Å². The average molecular weight is 389 g/mol. The van der Waals surface area contributed by atoms with E-state index in [1.165, 1.54) is 38.1 Å². The van der Waals surface area contributed by atoms with Crippen molar-refractivity contribution in [2.75, 3.05) is 34.9 Å². The van der Waals surface area contributed by atoms with E-state index < -0.39 is 29.7 Å². The van der Waals surface area contributed by atoms with Gasteiger partial charge in [-0.2, -0.15) is 0 Å². The molecule has 0 aromatic heterocycles. The quantitative estimate of drug-likeness (QED) is 0.564. The second-order valence-electron chi connectivity index (χ2n) is 8.01. The molecule has 2 atom stereocenters. The average Bonchev–Trinajstić information content (AvgIpc) is 2.56. The summed E-state index contributed by atoms with van der Waals surface area (Å²) in [5, 5.41) is 0. The molecular weight excluding hydrogens is 352 g/mol. The molecule has 0 N–H and O–H groups in total. The lowest BCUT2D eigenvalue weighted by molar-refractivity contribution is -0.154. The van der Waals surface area contributed by atoms with E-state index in [1.54, 1.807) is 20.8 Å². The smallest absolute Gasteiger partial charge is 0.410 e. The molecule has 0 saturated carbocycles. The number of rotatable bonds is 9. The molecule has 0 fully saturated rings. The fourth-order valence-electron chi connectivity index (χ4n) is 2.56. The molecule has 0 rings (SSSR count). The normalized spacial score (nSPS) is 13.7. The van der Waals surface area contributed by atoms with Crippen LogP contribution in [0.1, 0.15) is 47.5 Å². The summed E-state index contributed by atoms with van der Waals surface area (Å²) in [5.74, 6) is -0.706. The summed E-state index contributed by atoms with van der Waals surface area (Å²) in [7, 11) is 5.87. The number of ether oxygens (including phenoxy) is 3. The Labute approximate surface area is 163 Å². The Balaban J connectivity index is 5.54. The highest BCUT2D eigenvalue weighted by Crippen LogP contribution is 2.18. The lowest BCUT2D eigenvalue weighted by Crippen LogP contribution is -2.54. The molecular formula is C19H36N2O6. The Kier molecular flexibility index (Phi) is 10.4. The summed E-state index contributed by atoms with van der Waals surface area (Å²) < 4.78 is 15.2. The molecule has 0 aliphatic rings. The van der Waals surface area contributed by atoms with E-state index in [2.05, 4.69) is 0 Å². The summed E-state index contributed by atoms with van der Waals surface area (Å²) in [6, 6.07) is -1.54. The zero-order valence-corrected chi connectivity index (χ0v) is 18.2. The number of nitrogens with zero attached hydrogens (tertiary/aromatic N) is 2. The van der Waals surface area contributed by atoms with Gasteiger partial charge in [0, 0.05) is 34.2 Å². The molecule has 2 unspecified atom stereocenters. The first-order chi connectivity index (χ1) is 12.4. The third-order valence-corrected chi connectivity index (χ3v) is 4.01. The number of esters is 1. The molecule has 0 aliphatic heterocycles. The van der Waals surface area contributed by atoms with Gasteiger partial charge in [0.05, 0.1) is 7.11 Å². The topological polar surface area (TPSA) is 85.4 Å². The van der Waals surface area contributed by atoms with Gasteiger partial charge in [0.2, 0.25) is 5.91 Å². The second kappa shape index (κ2) is 11.1. The predicted octanol–water partition coefficient (Wildman–Crippen LogP) is 2.30. The maximum Gasteiger partial charge on any atom is 0.410 e. The van der Waals surface area contributed by atoms with Crippen LogP contribution in [0.3, 0.4) is 0 Å². The molecule has 158 valence electrons. The Bertz CT molecular complexity index is 501. The maximum atomic E-state index is 13.1. The highest BCUT2D eigenvalue weighted by Gasteiger charge is 2.36. The van der Waals surface area contributed by atoms with Crippen LogP contribution in [0.2, 0.25) is 0 Å². The van der Waals surface area contributed by atoms with Crippen LogP contribution in [0, 0.1) is 5.92 Å². The molecule has 0 radical (unpaired) electrons. The Morgan fingerprint density at radius 3 is 1.93 bits per heavy atom. The minimum atomic E-state index is -0.788. The number of likely N-dealkylation sites (N-methyl/N-ethyl adjacent to an activating group) is 2. The van der Waals surface area contributed by atoms with Crippen molar-refractivity contribution >= 4 is 18.0 Å². The molecule has 0 aromatic rings. The molecule has 0 aliphatic carbocycles. The van der Waals surface area contributed by atoms with E-state index in [4.69, 9.17) is 14.2 Å². The van der Waals surface area contributed by atoms with Crippen molar-refractivity contribution in [1.29, 1.82) is 0 Å². The fraction of sp³-hybridized carbons (Fsp3) is 0.842. The van der Waals surface area contributed by atoms with Gasteiger partial charge in [-0.1, -0.05) is 13.8 Å². The number of carbonyl (C=O) groups is 3. The van der Waals surface area contributed by atoms with Crippen LogP contribution in [-0.2, 0) is 23.8 Å². The van der Waals surface area contributed by atoms with Crippen molar-refractivity contribution in [3.63, 3.8) is 0 Å². The molecule has 0 saturated heterocycles. The third-order valence-electron chi connectivity index (χ3n) is 4.01. The monoisotopic (exact) mass is 388 g/mol. The zero-order chi connectivity index (χ0) is 21.4. The van der Waals surface area contributed by atoms with Gasteiger partial charge >= 0.3 is 12.1 Å². The first kappa shape index (κ1) is 25.2. The first-order valence-corrected chi connectivity index (χ1v) is 9.14. The zero-order valence-electron chi connectivity index (χ0n) is 18.2. The van der Waals surface area contributed by atoms with E-state index in [-0.39, 0.29) is 11.8 Å². The van der Waals surface area contributed by atoms with Crippen molar-refractivity contribution in [3.8, 4) is 0 Å². The van der Waals surface area contributed by atoms with E-state index in [0.29, 0.717) is 19.4 Å². The van der Waals surface area contributed by atoms with E-state index in [0.717, 1.165) is 0 Å².